The number of esters is 1. The molecule has 0 amide bonds. The van der Waals surface area contributed by atoms with Crippen molar-refractivity contribution >= 4 is 12.3 Å². The Bertz CT molecular complexity index is 564. The number of carbonyl (C=O) groups is 2. The van der Waals surface area contributed by atoms with Crippen molar-refractivity contribution in [2.45, 2.75) is 51.6 Å². The molecule has 0 aromatic heterocycles. The van der Waals surface area contributed by atoms with Crippen molar-refractivity contribution in [2.75, 3.05) is 7.11 Å². The van der Waals surface area contributed by atoms with Gasteiger partial charge in [0.05, 0.1) is 7.11 Å². The number of carbonyl (C=O) groups excluding carboxylic acids is 2. The number of rotatable bonds is 5. The predicted molar refractivity (Wildman–Crippen MR) is 88.5 cm³/mol. The van der Waals surface area contributed by atoms with Crippen LogP contribution in [0.3, 0.4) is 0 Å². The van der Waals surface area contributed by atoms with Crippen LogP contribution in [0, 0.1) is 11.8 Å². The smallest absolute Gasteiger partial charge is 0.371 e. The highest BCUT2D eigenvalue weighted by molar-refractivity contribution is 6.20. The van der Waals surface area contributed by atoms with Gasteiger partial charge in [-0.15, -0.1) is 0 Å². The summed E-state index contributed by atoms with van der Waals surface area (Å²) < 4.78 is 10.8. The zero-order valence-electron chi connectivity index (χ0n) is 14.4. The van der Waals surface area contributed by atoms with Gasteiger partial charge in [0.25, 0.3) is 0 Å². The maximum atomic E-state index is 11.5. The summed E-state index contributed by atoms with van der Waals surface area (Å²) >= 11 is 0. The van der Waals surface area contributed by atoms with E-state index < -0.39 is 5.97 Å². The quantitative estimate of drug-likeness (QED) is 0.473. The molecule has 0 saturated heterocycles. The predicted octanol–water partition coefficient (Wildman–Crippen LogP) is 3.52. The van der Waals surface area contributed by atoms with Crippen LogP contribution < -0.4 is 4.74 Å². The van der Waals surface area contributed by atoms with E-state index in [1.807, 2.05) is 18.2 Å². The van der Waals surface area contributed by atoms with Crippen LogP contribution in [0.15, 0.2) is 24.3 Å². The molecule has 0 heterocycles. The lowest BCUT2D eigenvalue weighted by atomic mass is 9.64. The van der Waals surface area contributed by atoms with Gasteiger partial charge in [-0.3, -0.25) is 4.79 Å². The summed E-state index contributed by atoms with van der Waals surface area (Å²) in [5, 5.41) is 0. The molecule has 4 heteroatoms. The zero-order chi connectivity index (χ0) is 17.0. The van der Waals surface area contributed by atoms with Gasteiger partial charge in [-0.1, -0.05) is 39.3 Å². The summed E-state index contributed by atoms with van der Waals surface area (Å²) in [6.07, 6.45) is 2.92. The lowest BCUT2D eigenvalue weighted by Crippen LogP contribution is -2.43. The first-order valence-corrected chi connectivity index (χ1v) is 8.18. The van der Waals surface area contributed by atoms with E-state index >= 15 is 0 Å². The summed E-state index contributed by atoms with van der Waals surface area (Å²) in [7, 11) is 1.66. The molecule has 2 rings (SSSR count). The van der Waals surface area contributed by atoms with Crippen LogP contribution in [0.1, 0.15) is 45.6 Å². The first-order chi connectivity index (χ1) is 10.9. The Balaban J connectivity index is 2.29. The largest absolute Gasteiger partial charge is 0.497 e. The van der Waals surface area contributed by atoms with Crippen LogP contribution in [-0.2, 0) is 19.7 Å². The molecule has 0 bridgehead atoms. The molecule has 1 saturated carbocycles. The molecule has 0 spiro atoms. The minimum Gasteiger partial charge on any atom is -0.497 e. The molecule has 126 valence electrons. The van der Waals surface area contributed by atoms with E-state index in [0.29, 0.717) is 5.92 Å². The molecule has 1 aromatic carbocycles. The second-order valence-corrected chi connectivity index (χ2v) is 7.07. The summed E-state index contributed by atoms with van der Waals surface area (Å²) in [5.74, 6) is 0.725. The Morgan fingerprint density at radius 1 is 1.30 bits per heavy atom. The van der Waals surface area contributed by atoms with E-state index in [2.05, 4.69) is 26.8 Å². The molecule has 0 radical (unpaired) electrons. The molecule has 0 unspecified atom stereocenters. The fraction of sp³-hybridized carbons (Fsp3) is 0.579. The van der Waals surface area contributed by atoms with Crippen LogP contribution in [0.25, 0.3) is 0 Å². The van der Waals surface area contributed by atoms with Gasteiger partial charge in [-0.05, 0) is 41.9 Å². The van der Waals surface area contributed by atoms with Crippen LogP contribution in [0.5, 0.6) is 5.75 Å². The number of hydrogen-bond acceptors (Lipinski definition) is 4. The third-order valence-electron chi connectivity index (χ3n) is 5.16. The average molecular weight is 318 g/mol. The molecule has 1 aliphatic carbocycles. The SMILES string of the molecule is COc1cccc(C(C)(C)[C@@H]2CC[C@@H](C)C[C@H]2OC(=O)C=O)c1. The molecule has 4 nitrogen and oxygen atoms in total. The second-order valence-electron chi connectivity index (χ2n) is 7.07. The number of ether oxygens (including phenoxy) is 2. The first kappa shape index (κ1) is 17.5. The summed E-state index contributed by atoms with van der Waals surface area (Å²) in [6, 6.07) is 8.02. The normalized spacial score (nSPS) is 24.8. The molecular weight excluding hydrogens is 292 g/mol. The van der Waals surface area contributed by atoms with Crippen molar-refractivity contribution in [1.29, 1.82) is 0 Å². The van der Waals surface area contributed by atoms with Gasteiger partial charge in [-0.2, -0.15) is 0 Å². The number of aldehydes is 1. The van der Waals surface area contributed by atoms with Crippen LogP contribution in [-0.4, -0.2) is 25.5 Å². The third kappa shape index (κ3) is 3.92. The molecule has 1 aliphatic rings. The summed E-state index contributed by atoms with van der Waals surface area (Å²) in [5.41, 5.74) is 0.978. The Hall–Kier alpha value is -1.84. The fourth-order valence-electron chi connectivity index (χ4n) is 3.70. The highest BCUT2D eigenvalue weighted by Gasteiger charge is 2.42. The van der Waals surface area contributed by atoms with E-state index in [1.165, 1.54) is 0 Å². The van der Waals surface area contributed by atoms with Crippen LogP contribution >= 0.6 is 0 Å². The van der Waals surface area contributed by atoms with Crippen molar-refractivity contribution in [3.05, 3.63) is 29.8 Å². The monoisotopic (exact) mass is 318 g/mol. The lowest BCUT2D eigenvalue weighted by Gasteiger charge is -2.43. The highest BCUT2D eigenvalue weighted by atomic mass is 16.5. The standard InChI is InChI=1S/C19H26O4/c1-13-8-9-16(17(10-13)23-18(21)12-20)19(2,3)14-6-5-7-15(11-14)22-4/h5-7,11-13,16-17H,8-10H2,1-4H3/t13-,16-,17-/m1/s1. The van der Waals surface area contributed by atoms with Crippen LogP contribution in [0.4, 0.5) is 0 Å². The van der Waals surface area contributed by atoms with Gasteiger partial charge in [0, 0.05) is 5.92 Å². The maximum absolute atomic E-state index is 11.5. The minimum atomic E-state index is -0.768. The molecule has 23 heavy (non-hydrogen) atoms. The van der Waals surface area contributed by atoms with Crippen molar-refractivity contribution in [3.63, 3.8) is 0 Å². The van der Waals surface area contributed by atoms with Gasteiger partial charge >= 0.3 is 5.97 Å². The van der Waals surface area contributed by atoms with Crippen molar-refractivity contribution in [3.8, 4) is 5.75 Å². The van der Waals surface area contributed by atoms with Crippen molar-refractivity contribution in [1.82, 2.24) is 0 Å². The summed E-state index contributed by atoms with van der Waals surface area (Å²) in [6.45, 7) is 6.50. The van der Waals surface area contributed by atoms with Gasteiger partial charge in [0.1, 0.15) is 11.9 Å². The van der Waals surface area contributed by atoms with Crippen molar-refractivity contribution in [2.24, 2.45) is 11.8 Å². The maximum Gasteiger partial charge on any atom is 0.371 e. The van der Waals surface area contributed by atoms with E-state index in [-0.39, 0.29) is 23.7 Å². The van der Waals surface area contributed by atoms with Gasteiger partial charge < -0.3 is 9.47 Å². The lowest BCUT2D eigenvalue weighted by molar-refractivity contribution is -0.159. The average Bonchev–Trinajstić information content (AvgIpc) is 2.54. The minimum absolute atomic E-state index is 0.176. The topological polar surface area (TPSA) is 52.6 Å². The highest BCUT2D eigenvalue weighted by Crippen LogP contribution is 2.44. The Kier molecular flexibility index (Phi) is 5.45. The van der Waals surface area contributed by atoms with Crippen molar-refractivity contribution < 1.29 is 19.1 Å². The molecule has 0 N–H and O–H groups in total. The molecule has 1 fully saturated rings. The van der Waals surface area contributed by atoms with E-state index in [9.17, 15) is 9.59 Å². The van der Waals surface area contributed by atoms with E-state index in [4.69, 9.17) is 9.47 Å². The number of hydrogen-bond donors (Lipinski definition) is 0. The summed E-state index contributed by atoms with van der Waals surface area (Å²) in [4.78, 5) is 22.2. The molecule has 1 aromatic rings. The van der Waals surface area contributed by atoms with Gasteiger partial charge in [0.2, 0.25) is 6.29 Å². The second kappa shape index (κ2) is 7.16. The Morgan fingerprint density at radius 3 is 2.70 bits per heavy atom. The fourth-order valence-corrected chi connectivity index (χ4v) is 3.70. The molecular formula is C19H26O4. The Labute approximate surface area is 138 Å². The third-order valence-corrected chi connectivity index (χ3v) is 5.16. The van der Waals surface area contributed by atoms with Gasteiger partial charge in [0.15, 0.2) is 0 Å². The van der Waals surface area contributed by atoms with Crippen LogP contribution in [0.2, 0.25) is 0 Å². The Morgan fingerprint density at radius 2 is 2.04 bits per heavy atom. The molecule has 3 atom stereocenters. The zero-order valence-corrected chi connectivity index (χ0v) is 14.4. The molecule has 0 aliphatic heterocycles. The number of methoxy groups -OCH3 is 1. The first-order valence-electron chi connectivity index (χ1n) is 8.18. The number of benzene rings is 1. The van der Waals surface area contributed by atoms with Gasteiger partial charge in [-0.25, -0.2) is 4.79 Å². The van der Waals surface area contributed by atoms with E-state index in [0.717, 1.165) is 30.6 Å². The van der Waals surface area contributed by atoms with E-state index in [1.54, 1.807) is 7.11 Å².